The van der Waals surface area contributed by atoms with Gasteiger partial charge in [-0.2, -0.15) is 13.2 Å². The second-order valence-corrected chi connectivity index (χ2v) is 8.74. The average molecular weight is 453 g/mol. The number of aromatic nitrogens is 1. The SMILES string of the molecule is CC1CC(F)CCC1OC1CCC(C(F)(F)F)CC1C(=O)Nc1cc(Cl)[nH]c(=O)c1. The van der Waals surface area contributed by atoms with E-state index in [4.69, 9.17) is 16.3 Å². The monoisotopic (exact) mass is 452 g/mol. The molecule has 30 heavy (non-hydrogen) atoms. The molecule has 0 aromatic carbocycles. The Labute approximate surface area is 176 Å². The molecule has 5 nitrogen and oxygen atoms in total. The largest absolute Gasteiger partial charge is 0.391 e. The molecule has 0 saturated heterocycles. The van der Waals surface area contributed by atoms with Crippen LogP contribution in [0.4, 0.5) is 23.2 Å². The van der Waals surface area contributed by atoms with E-state index in [-0.39, 0.29) is 35.7 Å². The summed E-state index contributed by atoms with van der Waals surface area (Å²) in [6.07, 6.45) is -5.60. The molecule has 1 heterocycles. The van der Waals surface area contributed by atoms with Crippen LogP contribution in [0.25, 0.3) is 0 Å². The molecule has 0 spiro atoms. The van der Waals surface area contributed by atoms with Gasteiger partial charge in [-0.1, -0.05) is 18.5 Å². The van der Waals surface area contributed by atoms with Crippen LogP contribution in [0.15, 0.2) is 16.9 Å². The van der Waals surface area contributed by atoms with Crippen LogP contribution in [0, 0.1) is 17.8 Å². The van der Waals surface area contributed by atoms with Crippen LogP contribution in [0.2, 0.25) is 5.15 Å². The zero-order valence-electron chi connectivity index (χ0n) is 16.5. The van der Waals surface area contributed by atoms with Crippen molar-refractivity contribution in [3.63, 3.8) is 0 Å². The number of alkyl halides is 4. The molecule has 2 aliphatic carbocycles. The van der Waals surface area contributed by atoms with E-state index in [9.17, 15) is 27.2 Å². The Balaban J connectivity index is 1.76. The van der Waals surface area contributed by atoms with Crippen LogP contribution < -0.4 is 10.9 Å². The number of amides is 1. The minimum Gasteiger partial charge on any atom is -0.374 e. The van der Waals surface area contributed by atoms with Gasteiger partial charge in [0.2, 0.25) is 5.91 Å². The number of hydrogen-bond acceptors (Lipinski definition) is 3. The number of hydrogen-bond donors (Lipinski definition) is 2. The molecule has 2 saturated carbocycles. The van der Waals surface area contributed by atoms with Gasteiger partial charge in [0.25, 0.3) is 5.56 Å². The van der Waals surface area contributed by atoms with Gasteiger partial charge in [0.1, 0.15) is 11.3 Å². The van der Waals surface area contributed by atoms with Gasteiger partial charge in [-0.05, 0) is 50.5 Å². The number of carbonyl (C=O) groups is 1. The summed E-state index contributed by atoms with van der Waals surface area (Å²) < 4.78 is 59.7. The third-order valence-electron chi connectivity index (χ3n) is 6.04. The summed E-state index contributed by atoms with van der Waals surface area (Å²) >= 11 is 5.78. The number of H-pyrrole nitrogens is 1. The van der Waals surface area contributed by atoms with Gasteiger partial charge in [-0.25, -0.2) is 4.39 Å². The topological polar surface area (TPSA) is 71.2 Å². The molecule has 6 atom stereocenters. The summed E-state index contributed by atoms with van der Waals surface area (Å²) in [7, 11) is 0. The maximum Gasteiger partial charge on any atom is 0.391 e. The predicted molar refractivity (Wildman–Crippen MR) is 104 cm³/mol. The Bertz CT molecular complexity index is 816. The van der Waals surface area contributed by atoms with E-state index in [0.717, 1.165) is 6.07 Å². The zero-order valence-corrected chi connectivity index (χ0v) is 17.2. The van der Waals surface area contributed by atoms with Crippen molar-refractivity contribution in [1.82, 2.24) is 4.98 Å². The Morgan fingerprint density at radius 2 is 1.87 bits per heavy atom. The fourth-order valence-corrected chi connectivity index (χ4v) is 4.64. The van der Waals surface area contributed by atoms with Crippen molar-refractivity contribution in [2.45, 2.75) is 70.0 Å². The number of aromatic amines is 1. The van der Waals surface area contributed by atoms with Gasteiger partial charge < -0.3 is 15.0 Å². The van der Waals surface area contributed by atoms with Gasteiger partial charge in [0, 0.05) is 11.8 Å². The van der Waals surface area contributed by atoms with Crippen LogP contribution in [-0.2, 0) is 9.53 Å². The molecule has 1 aromatic heterocycles. The first-order chi connectivity index (χ1) is 14.0. The Kier molecular flexibility index (Phi) is 7.12. The molecule has 0 radical (unpaired) electrons. The highest BCUT2D eigenvalue weighted by molar-refractivity contribution is 6.29. The summed E-state index contributed by atoms with van der Waals surface area (Å²) in [5.74, 6) is -3.37. The third kappa shape index (κ3) is 5.75. The van der Waals surface area contributed by atoms with Crippen molar-refractivity contribution in [2.24, 2.45) is 17.8 Å². The molecule has 10 heteroatoms. The normalized spacial score (nSPS) is 32.6. The molecule has 2 aliphatic rings. The van der Waals surface area contributed by atoms with E-state index in [2.05, 4.69) is 10.3 Å². The first-order valence-corrected chi connectivity index (χ1v) is 10.5. The van der Waals surface area contributed by atoms with Crippen molar-refractivity contribution >= 4 is 23.2 Å². The molecule has 0 bridgehead atoms. The molecular weight excluding hydrogens is 428 g/mol. The lowest BCUT2D eigenvalue weighted by Crippen LogP contribution is -2.45. The predicted octanol–water partition coefficient (Wildman–Crippen LogP) is 4.86. The molecule has 1 aromatic rings. The maximum absolute atomic E-state index is 13.6. The van der Waals surface area contributed by atoms with E-state index >= 15 is 0 Å². The summed E-state index contributed by atoms with van der Waals surface area (Å²) in [5, 5.41) is 2.50. The number of nitrogens with one attached hydrogen (secondary N) is 2. The van der Waals surface area contributed by atoms with Crippen molar-refractivity contribution in [2.75, 3.05) is 5.32 Å². The number of ether oxygens (including phenoxy) is 1. The average Bonchev–Trinajstić information content (AvgIpc) is 2.62. The van der Waals surface area contributed by atoms with Gasteiger partial charge in [0.15, 0.2) is 0 Å². The Morgan fingerprint density at radius 3 is 2.50 bits per heavy atom. The minimum atomic E-state index is -4.41. The van der Waals surface area contributed by atoms with Gasteiger partial charge in [-0.15, -0.1) is 0 Å². The van der Waals surface area contributed by atoms with Crippen LogP contribution >= 0.6 is 11.6 Å². The van der Waals surface area contributed by atoms with Gasteiger partial charge >= 0.3 is 6.18 Å². The van der Waals surface area contributed by atoms with E-state index < -0.39 is 48.2 Å². The van der Waals surface area contributed by atoms with Gasteiger partial charge in [-0.3, -0.25) is 9.59 Å². The Morgan fingerprint density at radius 1 is 1.17 bits per heavy atom. The van der Waals surface area contributed by atoms with E-state index in [1.807, 2.05) is 6.92 Å². The highest BCUT2D eigenvalue weighted by atomic mass is 35.5. The van der Waals surface area contributed by atoms with Crippen LogP contribution in [0.1, 0.15) is 45.4 Å². The van der Waals surface area contributed by atoms with Crippen molar-refractivity contribution in [1.29, 1.82) is 0 Å². The second-order valence-electron chi connectivity index (χ2n) is 8.33. The first-order valence-electron chi connectivity index (χ1n) is 10.1. The Hall–Kier alpha value is -1.61. The number of pyridine rings is 1. The van der Waals surface area contributed by atoms with Crippen LogP contribution in [0.3, 0.4) is 0 Å². The molecule has 6 unspecified atom stereocenters. The standard InChI is InChI=1S/C20H25ClF4N2O3/c1-10-6-12(22)3-5-15(10)30-16-4-2-11(20(23,24)25)7-14(16)19(29)26-13-8-17(21)27-18(28)9-13/h8-12,14-16H,2-7H2,1H3,(H2,26,27,28,29). The molecule has 2 fully saturated rings. The van der Waals surface area contributed by atoms with Crippen LogP contribution in [-0.4, -0.2) is 35.4 Å². The lowest BCUT2D eigenvalue weighted by Gasteiger charge is -2.40. The fraction of sp³-hybridized carbons (Fsp3) is 0.700. The summed E-state index contributed by atoms with van der Waals surface area (Å²) in [6, 6.07) is 2.42. The van der Waals surface area contributed by atoms with Crippen molar-refractivity contribution in [3.05, 3.63) is 27.6 Å². The number of halogens is 5. The first kappa shape index (κ1) is 23.1. The smallest absolute Gasteiger partial charge is 0.374 e. The minimum absolute atomic E-state index is 0.000723. The quantitative estimate of drug-likeness (QED) is 0.506. The molecule has 1 amide bonds. The van der Waals surface area contributed by atoms with Crippen molar-refractivity contribution < 1.29 is 27.1 Å². The second kappa shape index (κ2) is 9.26. The highest BCUT2D eigenvalue weighted by Crippen LogP contribution is 2.42. The van der Waals surface area contributed by atoms with Crippen molar-refractivity contribution in [3.8, 4) is 0 Å². The maximum atomic E-state index is 13.6. The lowest BCUT2D eigenvalue weighted by atomic mass is 9.77. The van der Waals surface area contributed by atoms with E-state index in [1.54, 1.807) is 0 Å². The molecule has 3 rings (SSSR count). The molecule has 0 aliphatic heterocycles. The number of anilines is 1. The van der Waals surface area contributed by atoms with Gasteiger partial charge in [0.05, 0.1) is 24.0 Å². The number of rotatable bonds is 4. The molecule has 168 valence electrons. The van der Waals surface area contributed by atoms with Crippen LogP contribution in [0.5, 0.6) is 0 Å². The zero-order chi connectivity index (χ0) is 22.1. The third-order valence-corrected chi connectivity index (χ3v) is 6.25. The molecular formula is C20H25ClF4N2O3. The van der Waals surface area contributed by atoms with E-state index in [1.165, 1.54) is 6.07 Å². The number of carbonyl (C=O) groups excluding carboxylic acids is 1. The summed E-state index contributed by atoms with van der Waals surface area (Å²) in [6.45, 7) is 1.85. The van der Waals surface area contributed by atoms with E-state index in [0.29, 0.717) is 19.3 Å². The highest BCUT2D eigenvalue weighted by Gasteiger charge is 2.48. The summed E-state index contributed by atoms with van der Waals surface area (Å²) in [5.41, 5.74) is -0.438. The lowest BCUT2D eigenvalue weighted by molar-refractivity contribution is -0.199. The molecule has 2 N–H and O–H groups in total. The summed E-state index contributed by atoms with van der Waals surface area (Å²) in [4.78, 5) is 26.7. The fourth-order valence-electron chi connectivity index (χ4n) is 4.42.